The molecular weight excluding hydrogens is 598 g/mol. The van der Waals surface area contributed by atoms with Crippen molar-refractivity contribution in [3.8, 4) is 22.6 Å². The molecule has 0 spiro atoms. The van der Waals surface area contributed by atoms with Gasteiger partial charge in [-0.15, -0.1) is 0 Å². The number of carbonyl (C=O) groups excluding carboxylic acids is 3. The number of ether oxygens (including phenoxy) is 4. The Bertz CT molecular complexity index is 1570. The van der Waals surface area contributed by atoms with Crippen LogP contribution in [0.15, 0.2) is 66.7 Å². The van der Waals surface area contributed by atoms with E-state index in [2.05, 4.69) is 29.6 Å². The van der Waals surface area contributed by atoms with Crippen LogP contribution in [0.25, 0.3) is 11.1 Å². The summed E-state index contributed by atoms with van der Waals surface area (Å²) in [4.78, 5) is 42.8. The zero-order chi connectivity index (χ0) is 32.8. The highest BCUT2D eigenvalue weighted by Crippen LogP contribution is 2.42. The summed E-state index contributed by atoms with van der Waals surface area (Å²) >= 11 is 0. The second kappa shape index (κ2) is 15.0. The molecule has 6 rings (SSSR count). The highest BCUT2D eigenvalue weighted by Gasteiger charge is 2.41. The van der Waals surface area contributed by atoms with Gasteiger partial charge in [0, 0.05) is 38.5 Å². The van der Waals surface area contributed by atoms with Crippen LogP contribution in [0.5, 0.6) is 11.5 Å². The van der Waals surface area contributed by atoms with Crippen LogP contribution < -0.4 is 24.6 Å². The van der Waals surface area contributed by atoms with E-state index in [9.17, 15) is 14.4 Å². The van der Waals surface area contributed by atoms with Crippen molar-refractivity contribution in [2.24, 2.45) is 5.92 Å². The third-order valence-corrected chi connectivity index (χ3v) is 9.01. The third-order valence-electron chi connectivity index (χ3n) is 9.01. The smallest absolute Gasteiger partial charge is 0.344 e. The first-order chi connectivity index (χ1) is 23.0. The van der Waals surface area contributed by atoms with Gasteiger partial charge in [0.15, 0.2) is 13.2 Å². The van der Waals surface area contributed by atoms with Crippen LogP contribution in [0.1, 0.15) is 44.1 Å². The minimum absolute atomic E-state index is 0.00644. The van der Waals surface area contributed by atoms with Gasteiger partial charge in [-0.25, -0.2) is 4.79 Å². The number of rotatable bonds is 13. The van der Waals surface area contributed by atoms with Gasteiger partial charge in [-0.05, 0) is 92.1 Å². The summed E-state index contributed by atoms with van der Waals surface area (Å²) in [6.07, 6.45) is 3.46. The van der Waals surface area contributed by atoms with Crippen LogP contribution in [-0.2, 0) is 23.9 Å². The number of piperidine rings is 1. The second-order valence-corrected chi connectivity index (χ2v) is 12.2. The number of amides is 2. The molecule has 2 amide bonds. The Morgan fingerprint density at radius 1 is 1.02 bits per heavy atom. The lowest BCUT2D eigenvalue weighted by molar-refractivity contribution is -0.145. The lowest BCUT2D eigenvalue weighted by atomic mass is 9.79. The lowest BCUT2D eigenvalue weighted by Crippen LogP contribution is -2.47. The van der Waals surface area contributed by atoms with Crippen LogP contribution in [0.2, 0.25) is 0 Å². The van der Waals surface area contributed by atoms with Crippen LogP contribution >= 0.6 is 0 Å². The molecule has 3 aromatic rings. The second-order valence-electron chi connectivity index (χ2n) is 12.2. The minimum atomic E-state index is -0.397. The topological polar surface area (TPSA) is 107 Å². The molecule has 3 aromatic carbocycles. The molecule has 1 aliphatic carbocycles. The number of hydrogen-bond donors (Lipinski definition) is 1. The Morgan fingerprint density at radius 3 is 2.62 bits per heavy atom. The number of anilines is 2. The summed E-state index contributed by atoms with van der Waals surface area (Å²) in [5, 5.41) is 3.47. The molecule has 0 aromatic heterocycles. The number of nitrogens with zero attached hydrogens (tertiary/aromatic N) is 2. The molecule has 2 atom stereocenters. The number of hydrogen-bond acceptors (Lipinski definition) is 8. The number of benzene rings is 3. The van der Waals surface area contributed by atoms with E-state index in [-0.39, 0.29) is 42.9 Å². The van der Waals surface area contributed by atoms with Crippen LogP contribution in [-0.4, -0.2) is 77.0 Å². The largest absolute Gasteiger partial charge is 0.482 e. The maximum atomic E-state index is 14.5. The van der Waals surface area contributed by atoms with Gasteiger partial charge in [0.05, 0.1) is 18.2 Å². The number of nitrogens with one attached hydrogen (secondary N) is 1. The Balaban J connectivity index is 1.22. The van der Waals surface area contributed by atoms with Gasteiger partial charge in [-0.2, -0.15) is 0 Å². The van der Waals surface area contributed by atoms with E-state index in [1.54, 1.807) is 18.9 Å². The molecular formula is C37H43N3O7. The fourth-order valence-corrected chi connectivity index (χ4v) is 6.54. The lowest BCUT2D eigenvalue weighted by Gasteiger charge is -2.36. The molecule has 3 aliphatic rings. The summed E-state index contributed by atoms with van der Waals surface area (Å²) in [5.41, 5.74) is 4.71. The van der Waals surface area contributed by atoms with Crippen LogP contribution in [0.3, 0.4) is 0 Å². The maximum Gasteiger partial charge on any atom is 0.344 e. The molecule has 1 saturated carbocycles. The number of methoxy groups -OCH3 is 1. The van der Waals surface area contributed by atoms with E-state index in [0.717, 1.165) is 48.2 Å². The van der Waals surface area contributed by atoms with E-state index in [1.165, 1.54) is 0 Å². The van der Waals surface area contributed by atoms with E-state index in [4.69, 9.17) is 18.9 Å². The molecule has 1 saturated heterocycles. The quantitative estimate of drug-likeness (QED) is 0.207. The minimum Gasteiger partial charge on any atom is -0.482 e. The van der Waals surface area contributed by atoms with Gasteiger partial charge in [-0.1, -0.05) is 36.4 Å². The predicted molar refractivity (Wildman–Crippen MR) is 179 cm³/mol. The van der Waals surface area contributed by atoms with Crippen LogP contribution in [0.4, 0.5) is 11.4 Å². The van der Waals surface area contributed by atoms with E-state index >= 15 is 0 Å². The molecule has 2 heterocycles. The zero-order valence-electron chi connectivity index (χ0n) is 27.1. The molecule has 0 unspecified atom stereocenters. The summed E-state index contributed by atoms with van der Waals surface area (Å²) in [7, 11) is 1.65. The monoisotopic (exact) mass is 641 g/mol. The summed E-state index contributed by atoms with van der Waals surface area (Å²) < 4.78 is 21.5. The Kier molecular flexibility index (Phi) is 10.4. The first-order valence-electron chi connectivity index (χ1n) is 16.6. The van der Waals surface area contributed by atoms with Crippen molar-refractivity contribution >= 4 is 29.2 Å². The normalized spacial score (nSPS) is 19.0. The Labute approximate surface area is 275 Å². The average molecular weight is 642 g/mol. The van der Waals surface area contributed by atoms with E-state index < -0.39 is 5.97 Å². The van der Waals surface area contributed by atoms with Crippen molar-refractivity contribution in [3.05, 3.63) is 72.3 Å². The molecule has 1 N–H and O–H groups in total. The first kappa shape index (κ1) is 32.5. The fraction of sp³-hybridized carbons (Fsp3) is 0.432. The molecule has 0 bridgehead atoms. The zero-order valence-corrected chi connectivity index (χ0v) is 27.1. The summed E-state index contributed by atoms with van der Waals surface area (Å²) in [5.74, 6) is 0.666. The van der Waals surface area contributed by atoms with E-state index in [0.29, 0.717) is 49.9 Å². The van der Waals surface area contributed by atoms with Crippen molar-refractivity contribution in [1.29, 1.82) is 0 Å². The molecule has 0 radical (unpaired) electrons. The van der Waals surface area contributed by atoms with Crippen molar-refractivity contribution in [1.82, 2.24) is 5.32 Å². The molecule has 10 heteroatoms. The molecule has 2 aliphatic heterocycles. The van der Waals surface area contributed by atoms with Crippen molar-refractivity contribution in [2.45, 2.75) is 44.6 Å². The van der Waals surface area contributed by atoms with Gasteiger partial charge in [0.2, 0.25) is 5.91 Å². The molecule has 47 heavy (non-hydrogen) atoms. The number of carbonyl (C=O) groups is 3. The van der Waals surface area contributed by atoms with Crippen molar-refractivity contribution in [3.63, 3.8) is 0 Å². The number of fused-ring (bicyclic) bond motifs is 1. The van der Waals surface area contributed by atoms with Crippen LogP contribution in [0, 0.1) is 5.92 Å². The Morgan fingerprint density at radius 2 is 1.85 bits per heavy atom. The van der Waals surface area contributed by atoms with Gasteiger partial charge in [0.25, 0.3) is 5.91 Å². The molecule has 248 valence electrons. The van der Waals surface area contributed by atoms with Crippen molar-refractivity contribution < 1.29 is 33.3 Å². The maximum absolute atomic E-state index is 14.5. The SMILES string of the molecule is CCOC(=O)COc1ccc(-c2cccc([C@H]3CCNC[C@@H]3C(=O)N(c3ccc4c(c3)N(CCCOC)C(=O)CO4)C3CC3)c2)cc1. The van der Waals surface area contributed by atoms with Gasteiger partial charge >= 0.3 is 5.97 Å². The Hall–Kier alpha value is -4.41. The third kappa shape index (κ3) is 7.60. The van der Waals surface area contributed by atoms with Crippen molar-refractivity contribution in [2.75, 3.05) is 63.0 Å². The van der Waals surface area contributed by atoms with Gasteiger partial charge < -0.3 is 34.1 Å². The van der Waals surface area contributed by atoms with Gasteiger partial charge in [-0.3, -0.25) is 9.59 Å². The summed E-state index contributed by atoms with van der Waals surface area (Å²) in [6.45, 7) is 4.48. The first-order valence-corrected chi connectivity index (χ1v) is 16.6. The molecule has 2 fully saturated rings. The van der Waals surface area contributed by atoms with E-state index in [1.807, 2.05) is 47.4 Å². The summed E-state index contributed by atoms with van der Waals surface area (Å²) in [6, 6.07) is 22.0. The highest BCUT2D eigenvalue weighted by atomic mass is 16.6. The fourth-order valence-electron chi connectivity index (χ4n) is 6.54. The highest BCUT2D eigenvalue weighted by molar-refractivity contribution is 6.01. The molecule has 10 nitrogen and oxygen atoms in total. The standard InChI is InChI=1S/C37H43N3O7/c1-3-45-36(42)24-46-30-13-8-25(9-14-30)26-6-4-7-27(20-26)31-16-17-38-22-32(31)37(43)40(28-10-11-28)29-12-15-34-33(21-29)39(18-5-19-44-2)35(41)23-47-34/h4,6-9,12-15,20-21,28,31-32,38H,3,5,10-11,16-19,22-24H2,1-2H3/t31-,32+/m1/s1. The number of esters is 1. The predicted octanol–water partition coefficient (Wildman–Crippen LogP) is 4.95. The average Bonchev–Trinajstić information content (AvgIpc) is 3.94. The van der Waals surface area contributed by atoms with Gasteiger partial charge in [0.1, 0.15) is 11.5 Å².